The molecule has 3 rings (SSSR count). The molecule has 1 fully saturated rings. The highest BCUT2D eigenvalue weighted by Crippen LogP contribution is 2.27. The van der Waals surface area contributed by atoms with Gasteiger partial charge in [0.2, 0.25) is 0 Å². The first-order chi connectivity index (χ1) is 9.43. The van der Waals surface area contributed by atoms with Crippen molar-refractivity contribution in [3.63, 3.8) is 0 Å². The highest BCUT2D eigenvalue weighted by atomic mass is 32.2. The molecular formula is C16H24N2S. The first-order valence-electron chi connectivity index (χ1n) is 7.57. The van der Waals surface area contributed by atoms with Crippen LogP contribution in [0.15, 0.2) is 24.3 Å². The molecule has 0 aromatic heterocycles. The van der Waals surface area contributed by atoms with E-state index in [1.165, 1.54) is 68.1 Å². The Hall–Kier alpha value is -0.670. The van der Waals surface area contributed by atoms with Crippen LogP contribution in [0.5, 0.6) is 0 Å². The van der Waals surface area contributed by atoms with Crippen LogP contribution < -0.4 is 10.2 Å². The van der Waals surface area contributed by atoms with Crippen LogP contribution in [0.4, 0.5) is 5.69 Å². The van der Waals surface area contributed by atoms with E-state index < -0.39 is 0 Å². The third kappa shape index (κ3) is 3.46. The molecule has 3 heteroatoms. The zero-order chi connectivity index (χ0) is 12.9. The standard InChI is InChI=1S/C16H24N2S/c1-2-7-16-14(5-1)8-11-18(16)10-4-9-17-15-6-3-12-19-13-15/h1-2,5,7,15,17H,3-4,6,8-13H2. The monoisotopic (exact) mass is 276 g/mol. The lowest BCUT2D eigenvalue weighted by molar-refractivity contribution is 0.500. The zero-order valence-electron chi connectivity index (χ0n) is 11.6. The number of rotatable bonds is 5. The van der Waals surface area contributed by atoms with Gasteiger partial charge < -0.3 is 10.2 Å². The summed E-state index contributed by atoms with van der Waals surface area (Å²) in [7, 11) is 0. The summed E-state index contributed by atoms with van der Waals surface area (Å²) in [6, 6.07) is 9.63. The molecule has 19 heavy (non-hydrogen) atoms. The Morgan fingerprint density at radius 3 is 3.16 bits per heavy atom. The largest absolute Gasteiger partial charge is 0.371 e. The number of hydrogen-bond donors (Lipinski definition) is 1. The van der Waals surface area contributed by atoms with Gasteiger partial charge in [0, 0.05) is 30.6 Å². The van der Waals surface area contributed by atoms with E-state index in [1.54, 1.807) is 0 Å². The molecule has 2 aliphatic heterocycles. The van der Waals surface area contributed by atoms with E-state index in [0.717, 1.165) is 6.04 Å². The van der Waals surface area contributed by atoms with Crippen LogP contribution in [-0.2, 0) is 6.42 Å². The third-order valence-corrected chi connectivity index (χ3v) is 5.40. The summed E-state index contributed by atoms with van der Waals surface area (Å²) in [6.45, 7) is 3.58. The molecule has 1 unspecified atom stereocenters. The van der Waals surface area contributed by atoms with Crippen LogP contribution in [-0.4, -0.2) is 37.2 Å². The summed E-state index contributed by atoms with van der Waals surface area (Å²) in [6.07, 6.45) is 5.25. The van der Waals surface area contributed by atoms with Crippen molar-refractivity contribution in [1.29, 1.82) is 0 Å². The van der Waals surface area contributed by atoms with E-state index in [1.807, 2.05) is 0 Å². The maximum absolute atomic E-state index is 3.72. The van der Waals surface area contributed by atoms with Crippen LogP contribution in [0.25, 0.3) is 0 Å². The second kappa shape index (κ2) is 6.67. The summed E-state index contributed by atoms with van der Waals surface area (Å²) in [5.74, 6) is 2.68. The topological polar surface area (TPSA) is 15.3 Å². The van der Waals surface area contributed by atoms with Crippen LogP contribution in [0.2, 0.25) is 0 Å². The van der Waals surface area contributed by atoms with Crippen molar-refractivity contribution in [3.05, 3.63) is 29.8 Å². The predicted molar refractivity (Wildman–Crippen MR) is 85.3 cm³/mol. The fourth-order valence-corrected chi connectivity index (χ4v) is 4.22. The molecule has 0 saturated carbocycles. The quantitative estimate of drug-likeness (QED) is 0.833. The van der Waals surface area contributed by atoms with Crippen molar-refractivity contribution in [1.82, 2.24) is 5.32 Å². The Morgan fingerprint density at radius 1 is 1.32 bits per heavy atom. The molecule has 104 valence electrons. The van der Waals surface area contributed by atoms with Gasteiger partial charge in [0.1, 0.15) is 0 Å². The molecule has 1 aromatic rings. The summed E-state index contributed by atoms with van der Waals surface area (Å²) in [4.78, 5) is 2.55. The number of nitrogens with one attached hydrogen (secondary N) is 1. The molecular weight excluding hydrogens is 252 g/mol. The minimum atomic E-state index is 0.768. The second-order valence-electron chi connectivity index (χ2n) is 5.59. The van der Waals surface area contributed by atoms with Crippen molar-refractivity contribution in [3.8, 4) is 0 Å². The number of benzene rings is 1. The molecule has 0 amide bonds. The summed E-state index contributed by atoms with van der Waals surface area (Å²) >= 11 is 2.10. The van der Waals surface area contributed by atoms with E-state index in [2.05, 4.69) is 46.2 Å². The highest BCUT2D eigenvalue weighted by Gasteiger charge is 2.17. The maximum Gasteiger partial charge on any atom is 0.0399 e. The number of anilines is 1. The van der Waals surface area contributed by atoms with Crippen LogP contribution in [0, 0.1) is 0 Å². The lowest BCUT2D eigenvalue weighted by Crippen LogP contribution is -2.35. The first-order valence-corrected chi connectivity index (χ1v) is 8.73. The Morgan fingerprint density at radius 2 is 2.26 bits per heavy atom. The molecule has 0 spiro atoms. The molecule has 2 heterocycles. The van der Waals surface area contributed by atoms with Crippen molar-refractivity contribution >= 4 is 17.4 Å². The van der Waals surface area contributed by atoms with Gasteiger partial charge in [0.15, 0.2) is 0 Å². The van der Waals surface area contributed by atoms with Crippen molar-refractivity contribution in [2.75, 3.05) is 36.0 Å². The molecule has 0 aliphatic carbocycles. The number of para-hydroxylation sites is 1. The van der Waals surface area contributed by atoms with Gasteiger partial charge in [-0.1, -0.05) is 18.2 Å². The van der Waals surface area contributed by atoms with Gasteiger partial charge in [0.25, 0.3) is 0 Å². The van der Waals surface area contributed by atoms with Crippen LogP contribution in [0.1, 0.15) is 24.8 Å². The molecule has 0 radical (unpaired) electrons. The Labute approximate surface area is 121 Å². The normalized spacial score (nSPS) is 22.5. The third-order valence-electron chi connectivity index (χ3n) is 4.18. The van der Waals surface area contributed by atoms with E-state index in [-0.39, 0.29) is 0 Å². The lowest BCUT2D eigenvalue weighted by Gasteiger charge is -2.24. The summed E-state index contributed by atoms with van der Waals surface area (Å²) < 4.78 is 0. The SMILES string of the molecule is c1ccc2c(c1)CCN2CCCNC1CCCSC1. The molecule has 1 N–H and O–H groups in total. The van der Waals surface area contributed by atoms with Crippen LogP contribution >= 0.6 is 11.8 Å². The number of thioether (sulfide) groups is 1. The molecule has 1 aromatic carbocycles. The minimum Gasteiger partial charge on any atom is -0.371 e. The fraction of sp³-hybridized carbons (Fsp3) is 0.625. The number of nitrogens with zero attached hydrogens (tertiary/aromatic N) is 1. The lowest BCUT2D eigenvalue weighted by atomic mass is 10.2. The van der Waals surface area contributed by atoms with E-state index in [0.29, 0.717) is 0 Å². The number of fused-ring (bicyclic) bond motifs is 1. The molecule has 1 atom stereocenters. The van der Waals surface area contributed by atoms with Crippen molar-refractivity contribution < 1.29 is 0 Å². The van der Waals surface area contributed by atoms with Crippen LogP contribution in [0.3, 0.4) is 0 Å². The van der Waals surface area contributed by atoms with E-state index >= 15 is 0 Å². The Bertz CT molecular complexity index is 401. The van der Waals surface area contributed by atoms with Crippen molar-refractivity contribution in [2.45, 2.75) is 31.7 Å². The molecule has 2 aliphatic rings. The van der Waals surface area contributed by atoms with Gasteiger partial charge >= 0.3 is 0 Å². The first kappa shape index (κ1) is 13.3. The zero-order valence-corrected chi connectivity index (χ0v) is 12.4. The van der Waals surface area contributed by atoms with Gasteiger partial charge in [-0.3, -0.25) is 0 Å². The molecule has 2 nitrogen and oxygen atoms in total. The van der Waals surface area contributed by atoms with Gasteiger partial charge in [-0.15, -0.1) is 0 Å². The summed E-state index contributed by atoms with van der Waals surface area (Å²) in [5.41, 5.74) is 3.00. The van der Waals surface area contributed by atoms with Gasteiger partial charge in [0.05, 0.1) is 0 Å². The average Bonchev–Trinajstić information content (AvgIpc) is 2.88. The fourth-order valence-electron chi connectivity index (χ4n) is 3.12. The number of hydrogen-bond acceptors (Lipinski definition) is 3. The Balaban J connectivity index is 1.39. The summed E-state index contributed by atoms with van der Waals surface area (Å²) in [5, 5.41) is 3.72. The minimum absolute atomic E-state index is 0.768. The molecule has 1 saturated heterocycles. The predicted octanol–water partition coefficient (Wildman–Crippen LogP) is 2.92. The van der Waals surface area contributed by atoms with E-state index in [9.17, 15) is 0 Å². The smallest absolute Gasteiger partial charge is 0.0399 e. The van der Waals surface area contributed by atoms with Crippen molar-refractivity contribution in [2.24, 2.45) is 0 Å². The van der Waals surface area contributed by atoms with Gasteiger partial charge in [-0.25, -0.2) is 0 Å². The van der Waals surface area contributed by atoms with Gasteiger partial charge in [-0.05, 0) is 49.6 Å². The highest BCUT2D eigenvalue weighted by molar-refractivity contribution is 7.99. The molecule has 0 bridgehead atoms. The second-order valence-corrected chi connectivity index (χ2v) is 6.74. The average molecular weight is 276 g/mol. The van der Waals surface area contributed by atoms with Gasteiger partial charge in [-0.2, -0.15) is 11.8 Å². The van der Waals surface area contributed by atoms with E-state index in [4.69, 9.17) is 0 Å². The Kier molecular flexibility index (Phi) is 4.67. The maximum atomic E-state index is 3.72.